The van der Waals surface area contributed by atoms with Crippen molar-refractivity contribution in [2.75, 3.05) is 6.54 Å². The van der Waals surface area contributed by atoms with Crippen LogP contribution in [0.2, 0.25) is 0 Å². The third-order valence-electron chi connectivity index (χ3n) is 2.61. The van der Waals surface area contributed by atoms with Crippen LogP contribution >= 0.6 is 11.3 Å². The molecular weight excluding hydrogens is 252 g/mol. The molecule has 0 radical (unpaired) electrons. The van der Waals surface area contributed by atoms with Crippen molar-refractivity contribution < 1.29 is 14.7 Å². The van der Waals surface area contributed by atoms with Crippen LogP contribution in [0.5, 0.6) is 0 Å². The average molecular weight is 266 g/mol. The number of carbonyl (C=O) groups is 2. The molecule has 1 aromatic heterocycles. The van der Waals surface area contributed by atoms with Gasteiger partial charge >= 0.3 is 5.97 Å². The predicted octanol–water partition coefficient (Wildman–Crippen LogP) is 1.54. The van der Waals surface area contributed by atoms with Crippen molar-refractivity contribution in [3.63, 3.8) is 0 Å². The van der Waals surface area contributed by atoms with Gasteiger partial charge in [-0.05, 0) is 25.8 Å². The van der Waals surface area contributed by atoms with Crippen LogP contribution in [0.25, 0.3) is 6.08 Å². The topological polar surface area (TPSA) is 70.5 Å². The Bertz CT molecular complexity index is 491. The largest absolute Gasteiger partial charge is 0.480 e. The van der Waals surface area contributed by atoms with E-state index in [1.54, 1.807) is 6.08 Å². The minimum absolute atomic E-state index is 0.0930. The first kappa shape index (κ1) is 12.8. The Morgan fingerprint density at radius 1 is 1.61 bits per heavy atom. The molecule has 96 valence electrons. The Kier molecular flexibility index (Phi) is 3.76. The summed E-state index contributed by atoms with van der Waals surface area (Å²) >= 11 is 1.51. The third-order valence-corrected chi connectivity index (χ3v) is 3.40. The van der Waals surface area contributed by atoms with E-state index >= 15 is 0 Å². The fourth-order valence-corrected chi connectivity index (χ4v) is 2.21. The first-order valence-corrected chi connectivity index (χ1v) is 6.57. The molecule has 0 aliphatic heterocycles. The van der Waals surface area contributed by atoms with Crippen molar-refractivity contribution in [3.8, 4) is 0 Å². The van der Waals surface area contributed by atoms with Crippen molar-refractivity contribution in [1.29, 1.82) is 0 Å². The maximum atomic E-state index is 11.9. The molecule has 1 fully saturated rings. The predicted molar refractivity (Wildman–Crippen MR) is 68.3 cm³/mol. The zero-order valence-corrected chi connectivity index (χ0v) is 10.8. The smallest absolute Gasteiger partial charge is 0.323 e. The molecule has 2 rings (SSSR count). The van der Waals surface area contributed by atoms with Gasteiger partial charge in [0.25, 0.3) is 0 Å². The number of carboxylic acid groups (broad SMARTS) is 1. The van der Waals surface area contributed by atoms with E-state index in [0.717, 1.165) is 23.5 Å². The Morgan fingerprint density at radius 3 is 2.83 bits per heavy atom. The Labute approximate surface area is 109 Å². The second-order valence-electron chi connectivity index (χ2n) is 4.22. The molecule has 1 aliphatic carbocycles. The molecule has 18 heavy (non-hydrogen) atoms. The van der Waals surface area contributed by atoms with E-state index in [0.29, 0.717) is 0 Å². The Balaban J connectivity index is 2.00. The van der Waals surface area contributed by atoms with Crippen molar-refractivity contribution in [2.45, 2.75) is 25.8 Å². The SMILES string of the molecule is Cc1nc(/C=C/C(=O)N(CC(=O)O)C2CC2)cs1. The van der Waals surface area contributed by atoms with Crippen molar-refractivity contribution in [1.82, 2.24) is 9.88 Å². The molecule has 1 aromatic rings. The van der Waals surface area contributed by atoms with Crippen LogP contribution in [0.3, 0.4) is 0 Å². The lowest BCUT2D eigenvalue weighted by Crippen LogP contribution is -2.36. The molecule has 0 atom stereocenters. The molecule has 0 aromatic carbocycles. The van der Waals surface area contributed by atoms with E-state index in [1.807, 2.05) is 12.3 Å². The first-order chi connectivity index (χ1) is 8.56. The summed E-state index contributed by atoms with van der Waals surface area (Å²) < 4.78 is 0. The zero-order valence-electron chi connectivity index (χ0n) is 10.00. The Morgan fingerprint density at radius 2 is 2.33 bits per heavy atom. The van der Waals surface area contributed by atoms with Crippen LogP contribution < -0.4 is 0 Å². The summed E-state index contributed by atoms with van der Waals surface area (Å²) in [6.45, 7) is 1.66. The van der Waals surface area contributed by atoms with Crippen molar-refractivity contribution >= 4 is 29.3 Å². The number of carbonyl (C=O) groups excluding carboxylic acids is 1. The molecule has 0 spiro atoms. The molecule has 1 N–H and O–H groups in total. The summed E-state index contributed by atoms with van der Waals surface area (Å²) in [5.41, 5.74) is 0.733. The van der Waals surface area contributed by atoms with Gasteiger partial charge in [0.1, 0.15) is 6.54 Å². The summed E-state index contributed by atoms with van der Waals surface area (Å²) in [5, 5.41) is 11.6. The Hall–Kier alpha value is -1.69. The molecular formula is C12H14N2O3S. The van der Waals surface area contributed by atoms with Gasteiger partial charge in [0.2, 0.25) is 5.91 Å². The second kappa shape index (κ2) is 5.30. The van der Waals surface area contributed by atoms with Gasteiger partial charge in [0.15, 0.2) is 0 Å². The van der Waals surface area contributed by atoms with Crippen LogP contribution in [-0.2, 0) is 9.59 Å². The fraction of sp³-hybridized carbons (Fsp3) is 0.417. The van der Waals surface area contributed by atoms with E-state index in [-0.39, 0.29) is 18.5 Å². The van der Waals surface area contributed by atoms with Crippen LogP contribution in [0, 0.1) is 6.92 Å². The molecule has 6 heteroatoms. The summed E-state index contributed by atoms with van der Waals surface area (Å²) in [7, 11) is 0. The van der Waals surface area contributed by atoms with E-state index in [4.69, 9.17) is 5.11 Å². The monoisotopic (exact) mass is 266 g/mol. The first-order valence-electron chi connectivity index (χ1n) is 5.69. The highest BCUT2D eigenvalue weighted by Crippen LogP contribution is 2.26. The lowest BCUT2D eigenvalue weighted by Gasteiger charge is -2.17. The number of aromatic nitrogens is 1. The van der Waals surface area contributed by atoms with E-state index in [2.05, 4.69) is 4.98 Å². The van der Waals surface area contributed by atoms with Gasteiger partial charge in [0.05, 0.1) is 10.7 Å². The zero-order chi connectivity index (χ0) is 13.1. The maximum absolute atomic E-state index is 11.9. The quantitative estimate of drug-likeness (QED) is 0.821. The molecule has 0 unspecified atom stereocenters. The normalized spacial score (nSPS) is 14.9. The summed E-state index contributed by atoms with van der Waals surface area (Å²) in [6, 6.07) is 0.0930. The number of thiazole rings is 1. The second-order valence-corrected chi connectivity index (χ2v) is 5.28. The lowest BCUT2D eigenvalue weighted by molar-refractivity contribution is -0.143. The molecule has 1 amide bonds. The minimum Gasteiger partial charge on any atom is -0.480 e. The highest BCUT2D eigenvalue weighted by molar-refractivity contribution is 7.09. The summed E-state index contributed by atoms with van der Waals surface area (Å²) in [6.07, 6.45) is 4.81. The summed E-state index contributed by atoms with van der Waals surface area (Å²) in [5.74, 6) is -1.24. The number of amides is 1. The molecule has 0 saturated heterocycles. The van der Waals surface area contributed by atoms with Gasteiger partial charge < -0.3 is 10.0 Å². The maximum Gasteiger partial charge on any atom is 0.323 e. The number of aliphatic carboxylic acids is 1. The summed E-state index contributed by atoms with van der Waals surface area (Å²) in [4.78, 5) is 28.2. The molecule has 1 saturated carbocycles. The molecule has 1 aliphatic rings. The minimum atomic E-state index is -0.979. The highest BCUT2D eigenvalue weighted by Gasteiger charge is 2.32. The molecule has 5 nitrogen and oxygen atoms in total. The number of nitrogens with zero attached hydrogens (tertiary/aromatic N) is 2. The van der Waals surface area contributed by atoms with Crippen molar-refractivity contribution in [2.24, 2.45) is 0 Å². The number of hydrogen-bond acceptors (Lipinski definition) is 4. The van der Waals surface area contributed by atoms with Crippen molar-refractivity contribution in [3.05, 3.63) is 22.2 Å². The van der Waals surface area contributed by atoms with E-state index < -0.39 is 5.97 Å². The van der Waals surface area contributed by atoms with Gasteiger partial charge in [-0.2, -0.15) is 0 Å². The van der Waals surface area contributed by atoms with E-state index in [9.17, 15) is 9.59 Å². The van der Waals surface area contributed by atoms with Crippen LogP contribution in [0.15, 0.2) is 11.5 Å². The van der Waals surface area contributed by atoms with Gasteiger partial charge in [-0.15, -0.1) is 11.3 Å². The van der Waals surface area contributed by atoms with Crippen LogP contribution in [0.4, 0.5) is 0 Å². The third kappa shape index (κ3) is 3.40. The number of carboxylic acids is 1. The molecule has 1 heterocycles. The van der Waals surface area contributed by atoms with Gasteiger partial charge in [-0.3, -0.25) is 9.59 Å². The standard InChI is InChI=1S/C12H14N2O3S/c1-8-13-9(7-18-8)2-5-11(15)14(6-12(16)17)10-3-4-10/h2,5,7,10H,3-4,6H2,1H3,(H,16,17)/b5-2+. The van der Waals surface area contributed by atoms with Gasteiger partial charge in [-0.25, -0.2) is 4.98 Å². The molecule has 0 bridgehead atoms. The highest BCUT2D eigenvalue weighted by atomic mass is 32.1. The van der Waals surface area contributed by atoms with Gasteiger partial charge in [-0.1, -0.05) is 0 Å². The fourth-order valence-electron chi connectivity index (χ4n) is 1.63. The van der Waals surface area contributed by atoms with Crippen LogP contribution in [0.1, 0.15) is 23.5 Å². The number of rotatable bonds is 5. The lowest BCUT2D eigenvalue weighted by atomic mass is 10.3. The van der Waals surface area contributed by atoms with Crippen LogP contribution in [-0.4, -0.2) is 39.5 Å². The number of aryl methyl sites for hydroxylation is 1. The average Bonchev–Trinajstić information content (AvgIpc) is 3.06. The van der Waals surface area contributed by atoms with E-state index in [1.165, 1.54) is 22.3 Å². The number of hydrogen-bond donors (Lipinski definition) is 1. The van der Waals surface area contributed by atoms with Gasteiger partial charge in [0, 0.05) is 17.5 Å².